The lowest BCUT2D eigenvalue weighted by atomic mass is 9.82. The summed E-state index contributed by atoms with van der Waals surface area (Å²) in [5, 5.41) is 0. The van der Waals surface area contributed by atoms with E-state index in [1.165, 1.54) is 18.2 Å². The third-order valence-electron chi connectivity index (χ3n) is 6.80. The van der Waals surface area contributed by atoms with E-state index in [0.29, 0.717) is 29.9 Å². The molecule has 4 nitrogen and oxygen atoms in total. The van der Waals surface area contributed by atoms with Crippen LogP contribution in [0.25, 0.3) is 11.3 Å². The molecule has 2 aromatic heterocycles. The lowest BCUT2D eigenvalue weighted by Gasteiger charge is -2.40. The lowest BCUT2D eigenvalue weighted by molar-refractivity contribution is 0.279. The van der Waals surface area contributed by atoms with E-state index in [0.717, 1.165) is 60.4 Å². The van der Waals surface area contributed by atoms with Crippen LogP contribution < -0.4 is 9.64 Å². The minimum atomic E-state index is -0.425. The van der Waals surface area contributed by atoms with E-state index in [1.807, 2.05) is 6.92 Å². The number of hydrogen-bond acceptors (Lipinski definition) is 4. The van der Waals surface area contributed by atoms with Gasteiger partial charge in [-0.15, -0.1) is 0 Å². The highest BCUT2D eigenvalue weighted by atomic mass is 19.1. The first-order chi connectivity index (χ1) is 16.3. The number of halogens is 2. The molecule has 1 fully saturated rings. The van der Waals surface area contributed by atoms with Gasteiger partial charge in [0.25, 0.3) is 0 Å². The van der Waals surface area contributed by atoms with Crippen molar-refractivity contribution >= 4 is 5.69 Å². The van der Waals surface area contributed by atoms with Crippen molar-refractivity contribution in [3.8, 4) is 17.0 Å². The van der Waals surface area contributed by atoms with Crippen LogP contribution in [-0.2, 0) is 12.8 Å². The molecule has 34 heavy (non-hydrogen) atoms. The summed E-state index contributed by atoms with van der Waals surface area (Å²) >= 11 is 0. The van der Waals surface area contributed by atoms with Gasteiger partial charge in [-0.25, -0.2) is 13.8 Å². The molecule has 1 aliphatic heterocycles. The molecule has 0 atom stereocenters. The summed E-state index contributed by atoms with van der Waals surface area (Å²) in [4.78, 5) is 11.4. The highest BCUT2D eigenvalue weighted by molar-refractivity contribution is 5.79. The zero-order valence-corrected chi connectivity index (χ0v) is 20.5. The van der Waals surface area contributed by atoms with E-state index in [2.05, 4.69) is 35.6 Å². The zero-order valence-electron chi connectivity index (χ0n) is 20.5. The quantitative estimate of drug-likeness (QED) is 0.397. The van der Waals surface area contributed by atoms with Crippen LogP contribution in [0.1, 0.15) is 50.4 Å². The molecule has 4 rings (SSSR count). The molecule has 0 bridgehead atoms. The average Bonchev–Trinajstić information content (AvgIpc) is 2.81. The van der Waals surface area contributed by atoms with E-state index < -0.39 is 5.82 Å². The number of hydrogen-bond donors (Lipinski definition) is 0. The third kappa shape index (κ3) is 5.37. The van der Waals surface area contributed by atoms with Crippen molar-refractivity contribution in [2.75, 3.05) is 24.6 Å². The first-order valence-corrected chi connectivity index (χ1v) is 12.0. The number of nitrogens with zero attached hydrogens (tertiary/aromatic N) is 3. The fraction of sp³-hybridized carbons (Fsp3) is 0.429. The van der Waals surface area contributed by atoms with Crippen LogP contribution in [0.5, 0.6) is 5.75 Å². The Kier molecular flexibility index (Phi) is 7.15. The van der Waals surface area contributed by atoms with Gasteiger partial charge < -0.3 is 9.64 Å². The topological polar surface area (TPSA) is 38.3 Å². The van der Waals surface area contributed by atoms with Gasteiger partial charge in [0.15, 0.2) is 5.82 Å². The SMILES string of the molecule is CCc1c(C)ncc(-c2ncc(OCCc3ccc(F)cc3)cc2F)c1N1CCC(C)(C)CC1. The number of ether oxygens (including phenoxy) is 1. The largest absolute Gasteiger partial charge is 0.492 e. The summed E-state index contributed by atoms with van der Waals surface area (Å²) in [6, 6.07) is 7.68. The first kappa shape index (κ1) is 24.1. The smallest absolute Gasteiger partial charge is 0.153 e. The highest BCUT2D eigenvalue weighted by Crippen LogP contribution is 2.40. The molecule has 1 aliphatic rings. The van der Waals surface area contributed by atoms with Crippen molar-refractivity contribution in [3.63, 3.8) is 0 Å². The van der Waals surface area contributed by atoms with Crippen LogP contribution in [-0.4, -0.2) is 29.7 Å². The normalized spacial score (nSPS) is 15.4. The number of piperidine rings is 1. The second kappa shape index (κ2) is 10.1. The standard InChI is InChI=1S/C28H33F2N3O/c1-5-23-19(2)31-18-24(27(23)33-13-11-28(3,4)12-14-33)26-25(30)16-22(17-32-26)34-15-10-20-6-8-21(29)9-7-20/h6-9,16-18H,5,10-15H2,1-4H3. The monoisotopic (exact) mass is 465 g/mol. The maximum Gasteiger partial charge on any atom is 0.153 e. The van der Waals surface area contributed by atoms with Gasteiger partial charge in [0.2, 0.25) is 0 Å². The number of rotatable bonds is 7. The Morgan fingerprint density at radius 3 is 2.38 bits per heavy atom. The number of benzene rings is 1. The molecule has 0 unspecified atom stereocenters. The van der Waals surface area contributed by atoms with Gasteiger partial charge in [0, 0.05) is 43.0 Å². The van der Waals surface area contributed by atoms with Crippen LogP contribution in [0, 0.1) is 24.0 Å². The molecular weight excluding hydrogens is 432 g/mol. The van der Waals surface area contributed by atoms with Gasteiger partial charge in [-0.2, -0.15) is 0 Å². The number of aryl methyl sites for hydroxylation is 1. The molecule has 3 heterocycles. The second-order valence-electron chi connectivity index (χ2n) is 9.82. The van der Waals surface area contributed by atoms with Crippen molar-refractivity contribution in [3.05, 3.63) is 71.2 Å². The molecule has 0 aliphatic carbocycles. The van der Waals surface area contributed by atoms with Crippen molar-refractivity contribution < 1.29 is 13.5 Å². The molecular formula is C28H33F2N3O. The molecule has 0 N–H and O–H groups in total. The van der Waals surface area contributed by atoms with Crippen LogP contribution >= 0.6 is 0 Å². The zero-order chi connectivity index (χ0) is 24.3. The molecule has 6 heteroatoms. The number of anilines is 1. The van der Waals surface area contributed by atoms with Crippen molar-refractivity contribution in [1.29, 1.82) is 0 Å². The average molecular weight is 466 g/mol. The predicted molar refractivity (Wildman–Crippen MR) is 132 cm³/mol. The second-order valence-corrected chi connectivity index (χ2v) is 9.82. The summed E-state index contributed by atoms with van der Waals surface area (Å²) in [6.07, 6.45) is 6.93. The predicted octanol–water partition coefficient (Wildman–Crippen LogP) is 6.54. The van der Waals surface area contributed by atoms with Gasteiger partial charge in [0.1, 0.15) is 17.3 Å². The van der Waals surface area contributed by atoms with Crippen LogP contribution in [0.3, 0.4) is 0 Å². The Morgan fingerprint density at radius 2 is 1.74 bits per heavy atom. The Hall–Kier alpha value is -3.02. The summed E-state index contributed by atoms with van der Waals surface area (Å²) < 4.78 is 34.1. The van der Waals surface area contributed by atoms with Gasteiger partial charge in [0.05, 0.1) is 18.5 Å². The van der Waals surface area contributed by atoms with Gasteiger partial charge in [-0.05, 0) is 54.9 Å². The maximum atomic E-state index is 15.3. The summed E-state index contributed by atoms with van der Waals surface area (Å²) in [7, 11) is 0. The molecule has 0 amide bonds. The summed E-state index contributed by atoms with van der Waals surface area (Å²) in [6.45, 7) is 11.0. The lowest BCUT2D eigenvalue weighted by Crippen LogP contribution is -2.38. The van der Waals surface area contributed by atoms with Gasteiger partial charge in [-0.1, -0.05) is 32.9 Å². The first-order valence-electron chi connectivity index (χ1n) is 12.0. The summed E-state index contributed by atoms with van der Waals surface area (Å²) in [5.74, 6) is -0.318. The Labute approximate surface area is 201 Å². The van der Waals surface area contributed by atoms with Crippen LogP contribution in [0.15, 0.2) is 42.7 Å². The minimum absolute atomic E-state index is 0.268. The minimum Gasteiger partial charge on any atom is -0.492 e. The van der Waals surface area contributed by atoms with Crippen molar-refractivity contribution in [2.24, 2.45) is 5.41 Å². The van der Waals surface area contributed by atoms with E-state index in [4.69, 9.17) is 4.74 Å². The van der Waals surface area contributed by atoms with Gasteiger partial charge in [-0.3, -0.25) is 4.98 Å². The molecule has 3 aromatic rings. The van der Waals surface area contributed by atoms with Crippen molar-refractivity contribution in [1.82, 2.24) is 9.97 Å². The summed E-state index contributed by atoms with van der Waals surface area (Å²) in [5.41, 5.74) is 5.50. The van der Waals surface area contributed by atoms with E-state index in [9.17, 15) is 4.39 Å². The highest BCUT2D eigenvalue weighted by Gasteiger charge is 2.29. The van der Waals surface area contributed by atoms with Gasteiger partial charge >= 0.3 is 0 Å². The molecule has 0 radical (unpaired) electrons. The van der Waals surface area contributed by atoms with E-state index in [1.54, 1.807) is 24.5 Å². The number of pyridine rings is 2. The van der Waals surface area contributed by atoms with Crippen molar-refractivity contribution in [2.45, 2.75) is 53.4 Å². The molecule has 1 saturated heterocycles. The number of aromatic nitrogens is 2. The molecule has 1 aromatic carbocycles. The molecule has 0 saturated carbocycles. The fourth-order valence-corrected chi connectivity index (χ4v) is 4.56. The molecule has 0 spiro atoms. The Bertz CT molecular complexity index is 1140. The van der Waals surface area contributed by atoms with Crippen LogP contribution in [0.4, 0.5) is 14.5 Å². The van der Waals surface area contributed by atoms with Crippen LogP contribution in [0.2, 0.25) is 0 Å². The van der Waals surface area contributed by atoms with E-state index >= 15 is 4.39 Å². The third-order valence-corrected chi connectivity index (χ3v) is 6.80. The Morgan fingerprint density at radius 1 is 1.03 bits per heavy atom. The molecule has 180 valence electrons. The maximum absolute atomic E-state index is 15.3. The van der Waals surface area contributed by atoms with E-state index in [-0.39, 0.29) is 5.82 Å². The fourth-order valence-electron chi connectivity index (χ4n) is 4.56. The Balaban J connectivity index is 1.57.